The fraction of sp³-hybridized carbons (Fsp3) is 0.286. The second-order valence-electron chi connectivity index (χ2n) is 4.81. The lowest BCUT2D eigenvalue weighted by atomic mass is 10.1. The summed E-state index contributed by atoms with van der Waals surface area (Å²) < 4.78 is 79.2. The molecule has 0 saturated heterocycles. The normalized spacial score (nSPS) is 13.6. The van der Waals surface area contributed by atoms with E-state index in [0.29, 0.717) is 11.3 Å². The number of hydrogen-bond donors (Lipinski definition) is 0. The summed E-state index contributed by atoms with van der Waals surface area (Å²) in [5.74, 6) is -0.742. The Hall–Kier alpha value is -2.03. The molecule has 0 aliphatic heterocycles. The largest absolute Gasteiger partial charge is 0.409 e. The molecule has 0 aliphatic carbocycles. The molecule has 25 heavy (non-hydrogen) atoms. The third kappa shape index (κ3) is 3.97. The Morgan fingerprint density at radius 2 is 1.92 bits per heavy atom. The Morgan fingerprint density at radius 3 is 2.36 bits per heavy atom. The number of benzene rings is 1. The van der Waals surface area contributed by atoms with Gasteiger partial charge in [-0.25, -0.2) is 17.8 Å². The highest BCUT2D eigenvalue weighted by molar-refractivity contribution is 7.89. The molecule has 0 aliphatic rings. The van der Waals surface area contributed by atoms with E-state index in [4.69, 9.17) is 5.26 Å². The first-order valence-electron chi connectivity index (χ1n) is 6.81. The van der Waals surface area contributed by atoms with Crippen LogP contribution in [0.3, 0.4) is 0 Å². The van der Waals surface area contributed by atoms with Crippen LogP contribution in [0.5, 0.6) is 0 Å². The van der Waals surface area contributed by atoms with Crippen molar-refractivity contribution in [2.24, 2.45) is 0 Å². The van der Waals surface area contributed by atoms with Crippen molar-refractivity contribution in [3.05, 3.63) is 46.0 Å². The van der Waals surface area contributed by atoms with Gasteiger partial charge < -0.3 is 0 Å². The van der Waals surface area contributed by atoms with Gasteiger partial charge in [0.1, 0.15) is 17.9 Å². The van der Waals surface area contributed by atoms with E-state index in [2.05, 4.69) is 4.98 Å². The SMILES string of the molecule is CCN(C(c1ccc(F)cc1)C(F)(F)F)S(=O)(=O)c1csc(C#N)n1. The number of thiazole rings is 1. The maximum atomic E-state index is 13.6. The van der Waals surface area contributed by atoms with Crippen LogP contribution >= 0.6 is 11.3 Å². The fourth-order valence-corrected chi connectivity index (χ4v) is 4.67. The van der Waals surface area contributed by atoms with Gasteiger partial charge in [-0.1, -0.05) is 19.1 Å². The van der Waals surface area contributed by atoms with Crippen LogP contribution in [0, 0.1) is 17.1 Å². The highest BCUT2D eigenvalue weighted by Crippen LogP contribution is 2.40. The Bertz CT molecular complexity index is 886. The van der Waals surface area contributed by atoms with Crippen molar-refractivity contribution in [2.45, 2.75) is 24.2 Å². The van der Waals surface area contributed by atoms with E-state index in [1.54, 1.807) is 6.07 Å². The number of hydrogen-bond acceptors (Lipinski definition) is 5. The molecule has 0 amide bonds. The fourth-order valence-electron chi connectivity index (χ4n) is 2.20. The molecule has 1 heterocycles. The summed E-state index contributed by atoms with van der Waals surface area (Å²) in [7, 11) is -4.61. The lowest BCUT2D eigenvalue weighted by molar-refractivity contribution is -0.173. The molecule has 0 radical (unpaired) electrons. The predicted octanol–water partition coefficient (Wildman–Crippen LogP) is 3.47. The van der Waals surface area contributed by atoms with Gasteiger partial charge in [0.2, 0.25) is 0 Å². The molecule has 5 nitrogen and oxygen atoms in total. The molecule has 2 aromatic rings. The summed E-state index contributed by atoms with van der Waals surface area (Å²) >= 11 is 0.712. The van der Waals surface area contributed by atoms with Crippen LogP contribution in [0.15, 0.2) is 34.7 Å². The standard InChI is InChI=1S/C14H11F4N3O2S2/c1-2-21(25(22,23)12-8-24-11(7-19)20-12)13(14(16,17)18)9-3-5-10(15)6-4-9/h3-6,8,13H,2H2,1H3. The summed E-state index contributed by atoms with van der Waals surface area (Å²) in [6.07, 6.45) is -4.94. The van der Waals surface area contributed by atoms with Gasteiger partial charge in [0.15, 0.2) is 10.0 Å². The second kappa shape index (κ2) is 7.07. The molecule has 0 spiro atoms. The van der Waals surface area contributed by atoms with E-state index < -0.39 is 45.2 Å². The van der Waals surface area contributed by atoms with Gasteiger partial charge in [0.25, 0.3) is 10.0 Å². The van der Waals surface area contributed by atoms with Crippen molar-refractivity contribution in [3.8, 4) is 6.07 Å². The van der Waals surface area contributed by atoms with Crippen LogP contribution < -0.4 is 0 Å². The third-order valence-electron chi connectivity index (χ3n) is 3.25. The van der Waals surface area contributed by atoms with Crippen molar-refractivity contribution in [1.82, 2.24) is 9.29 Å². The third-order valence-corrected chi connectivity index (χ3v) is 5.97. The van der Waals surface area contributed by atoms with Crippen LogP contribution in [0.2, 0.25) is 0 Å². The Kier molecular flexibility index (Phi) is 5.46. The maximum Gasteiger partial charge on any atom is 0.409 e. The minimum atomic E-state index is -4.94. The van der Waals surface area contributed by atoms with Gasteiger partial charge in [-0.05, 0) is 17.7 Å². The number of nitrogens with zero attached hydrogens (tertiary/aromatic N) is 3. The average molecular weight is 393 g/mol. The Balaban J connectivity index is 2.57. The molecular formula is C14H11F4N3O2S2. The molecule has 11 heteroatoms. The number of sulfonamides is 1. The first-order valence-corrected chi connectivity index (χ1v) is 9.13. The van der Waals surface area contributed by atoms with Crippen molar-refractivity contribution >= 4 is 21.4 Å². The van der Waals surface area contributed by atoms with Gasteiger partial charge in [-0.3, -0.25) is 0 Å². The van der Waals surface area contributed by atoms with Gasteiger partial charge >= 0.3 is 6.18 Å². The van der Waals surface area contributed by atoms with Gasteiger partial charge in [-0.15, -0.1) is 11.3 Å². The molecule has 1 atom stereocenters. The van der Waals surface area contributed by atoms with E-state index >= 15 is 0 Å². The zero-order valence-electron chi connectivity index (χ0n) is 12.7. The van der Waals surface area contributed by atoms with Crippen LogP contribution in [0.25, 0.3) is 0 Å². The van der Waals surface area contributed by atoms with E-state index in [9.17, 15) is 26.0 Å². The highest BCUT2D eigenvalue weighted by atomic mass is 32.2. The summed E-state index contributed by atoms with van der Waals surface area (Å²) in [6, 6.07) is 2.54. The first kappa shape index (κ1) is 19.3. The molecule has 1 aromatic heterocycles. The molecule has 134 valence electrons. The Labute approximate surface area is 145 Å². The lowest BCUT2D eigenvalue weighted by Crippen LogP contribution is -2.42. The first-order chi connectivity index (χ1) is 11.6. The molecule has 0 fully saturated rings. The minimum Gasteiger partial charge on any atom is -0.213 e. The van der Waals surface area contributed by atoms with Crippen molar-refractivity contribution in [1.29, 1.82) is 5.26 Å². The molecule has 0 bridgehead atoms. The van der Waals surface area contributed by atoms with Gasteiger partial charge in [0, 0.05) is 11.9 Å². The molecule has 1 aromatic carbocycles. The molecule has 2 rings (SSSR count). The maximum absolute atomic E-state index is 13.6. The van der Waals surface area contributed by atoms with Gasteiger partial charge in [0.05, 0.1) is 0 Å². The zero-order chi connectivity index (χ0) is 18.8. The topological polar surface area (TPSA) is 74.1 Å². The quantitative estimate of drug-likeness (QED) is 0.729. The minimum absolute atomic E-state index is 0.181. The molecular weight excluding hydrogens is 382 g/mol. The number of rotatable bonds is 5. The number of alkyl halides is 3. The zero-order valence-corrected chi connectivity index (χ0v) is 14.3. The average Bonchev–Trinajstić information content (AvgIpc) is 3.02. The smallest absolute Gasteiger partial charge is 0.213 e. The molecule has 0 N–H and O–H groups in total. The van der Waals surface area contributed by atoms with Gasteiger partial charge in [-0.2, -0.15) is 22.7 Å². The summed E-state index contributed by atoms with van der Waals surface area (Å²) in [6.45, 7) is 0.751. The molecule has 0 saturated carbocycles. The monoisotopic (exact) mass is 393 g/mol. The van der Waals surface area contributed by atoms with Crippen molar-refractivity contribution in [3.63, 3.8) is 0 Å². The predicted molar refractivity (Wildman–Crippen MR) is 81.6 cm³/mol. The molecule has 1 unspecified atom stereocenters. The summed E-state index contributed by atoms with van der Waals surface area (Å²) in [5.41, 5.74) is -0.421. The van der Waals surface area contributed by atoms with Crippen molar-refractivity contribution < 1.29 is 26.0 Å². The van der Waals surface area contributed by atoms with Crippen LogP contribution in [-0.2, 0) is 10.0 Å². The Morgan fingerprint density at radius 1 is 1.32 bits per heavy atom. The summed E-state index contributed by atoms with van der Waals surface area (Å²) in [4.78, 5) is 3.54. The van der Waals surface area contributed by atoms with E-state index in [0.717, 1.165) is 29.6 Å². The number of halogens is 4. The number of aromatic nitrogens is 1. The summed E-state index contributed by atoms with van der Waals surface area (Å²) in [5, 5.41) is 8.92. The number of nitriles is 1. The lowest BCUT2D eigenvalue weighted by Gasteiger charge is -2.31. The van der Waals surface area contributed by atoms with Crippen LogP contribution in [0.4, 0.5) is 17.6 Å². The van der Waals surface area contributed by atoms with Crippen LogP contribution in [0.1, 0.15) is 23.5 Å². The van der Waals surface area contributed by atoms with Crippen LogP contribution in [-0.4, -0.2) is 30.4 Å². The van der Waals surface area contributed by atoms with E-state index in [-0.39, 0.29) is 9.31 Å². The van der Waals surface area contributed by atoms with E-state index in [1.807, 2.05) is 0 Å². The highest BCUT2D eigenvalue weighted by Gasteiger charge is 2.49. The second-order valence-corrected chi connectivity index (χ2v) is 7.50. The van der Waals surface area contributed by atoms with Crippen molar-refractivity contribution in [2.75, 3.05) is 6.54 Å². The van der Waals surface area contributed by atoms with E-state index in [1.165, 1.54) is 6.92 Å².